The Morgan fingerprint density at radius 2 is 1.68 bits per heavy atom. The standard InChI is InChI=1S/C13H20N2O3.C6H6O2.O.V/c1-2-18-12-5-3-4-11(13(12)17)10-15-7-6-14-8-9-16;7-5-3-1-2-4-6(5)8;;/h3-5,10,14,16-17H,2,6-9H2,1H3;1-4,7-8H;;. The number of phenols is 3. The molecule has 0 radical (unpaired) electrons. The molecule has 0 unspecified atom stereocenters. The van der Waals surface area contributed by atoms with Gasteiger partial charge in [0.1, 0.15) is 0 Å². The van der Waals surface area contributed by atoms with Gasteiger partial charge in [0.05, 0.1) is 19.8 Å². The van der Waals surface area contributed by atoms with Gasteiger partial charge in [-0.1, -0.05) is 18.2 Å². The maximum absolute atomic E-state index is 9.90. The summed E-state index contributed by atoms with van der Waals surface area (Å²) in [6.45, 7) is 4.37. The zero-order chi connectivity index (χ0) is 21.2. The molecule has 0 atom stereocenters. The Hall–Kier alpha value is -2.39. The van der Waals surface area contributed by atoms with E-state index in [9.17, 15) is 5.11 Å². The van der Waals surface area contributed by atoms with Crippen LogP contribution in [0, 0.1) is 0 Å². The number of aliphatic imine (C=N–C) groups is 1. The van der Waals surface area contributed by atoms with Crippen molar-refractivity contribution in [3.8, 4) is 23.0 Å². The molecule has 0 aliphatic carbocycles. The molecular weight excluding hydrogens is 403 g/mol. The number of phenolic OH excluding ortho intramolecular Hbond substituents is 3. The van der Waals surface area contributed by atoms with E-state index in [1.165, 1.54) is 12.1 Å². The van der Waals surface area contributed by atoms with Crippen molar-refractivity contribution in [2.45, 2.75) is 6.92 Å². The number of aliphatic hydroxyl groups is 1. The van der Waals surface area contributed by atoms with Crippen LogP contribution in [0.5, 0.6) is 23.0 Å². The van der Waals surface area contributed by atoms with Crippen LogP contribution in [0.1, 0.15) is 12.5 Å². The van der Waals surface area contributed by atoms with Gasteiger partial charge in [-0.2, -0.15) is 0 Å². The molecule has 0 heterocycles. The van der Waals surface area contributed by atoms with Gasteiger partial charge in [0.15, 0.2) is 23.0 Å². The first-order valence-corrected chi connectivity index (χ1v) is 9.08. The first kappa shape index (κ1) is 25.6. The SMILES string of the molecule is CCOc1cccc(C=NCCNCCO)c1O.Oc1ccccc1O.[O]=[V]. The Bertz CT molecular complexity index is 679. The van der Waals surface area contributed by atoms with Gasteiger partial charge in [-0.3, -0.25) is 4.99 Å². The number of nitrogens with zero attached hydrogens (tertiary/aromatic N) is 1. The number of benzene rings is 2. The number of nitrogens with one attached hydrogen (secondary N) is 1. The van der Waals surface area contributed by atoms with Gasteiger partial charge in [0.25, 0.3) is 0 Å². The molecule has 153 valence electrons. The third-order valence-corrected chi connectivity index (χ3v) is 3.15. The number of ether oxygens (including phenoxy) is 1. The van der Waals surface area contributed by atoms with Crippen LogP contribution in [0.3, 0.4) is 0 Å². The molecule has 0 aromatic heterocycles. The van der Waals surface area contributed by atoms with E-state index in [0.717, 1.165) is 17.4 Å². The number of hydrogen-bond donors (Lipinski definition) is 5. The van der Waals surface area contributed by atoms with E-state index in [1.807, 2.05) is 13.0 Å². The summed E-state index contributed by atoms with van der Waals surface area (Å²) in [5.41, 5.74) is 0.642. The molecule has 8 nitrogen and oxygen atoms in total. The Kier molecular flexibility index (Phi) is 15.3. The molecule has 0 aliphatic rings. The number of para-hydroxylation sites is 3. The summed E-state index contributed by atoms with van der Waals surface area (Å²) in [5.74, 6) is 0.436. The molecular formula is C19H26N2O6V. The van der Waals surface area contributed by atoms with Crippen LogP contribution in [0.25, 0.3) is 0 Å². The first-order chi connectivity index (χ1) is 13.6. The minimum absolute atomic E-state index is 0.0764. The minimum atomic E-state index is -0.0764. The fourth-order valence-corrected chi connectivity index (χ4v) is 1.89. The summed E-state index contributed by atoms with van der Waals surface area (Å²) >= 11 is 1.06. The van der Waals surface area contributed by atoms with E-state index in [2.05, 4.69) is 10.3 Å². The molecule has 0 aliphatic heterocycles. The van der Waals surface area contributed by atoms with E-state index in [-0.39, 0.29) is 23.9 Å². The van der Waals surface area contributed by atoms with Crippen LogP contribution in [-0.4, -0.2) is 59.5 Å². The second kappa shape index (κ2) is 16.8. The molecule has 2 aromatic carbocycles. The quantitative estimate of drug-likeness (QED) is 0.246. The molecule has 5 N–H and O–H groups in total. The third-order valence-electron chi connectivity index (χ3n) is 3.15. The van der Waals surface area contributed by atoms with Gasteiger partial charge in [-0.05, 0) is 31.2 Å². The van der Waals surface area contributed by atoms with Gasteiger partial charge in [0, 0.05) is 24.9 Å². The van der Waals surface area contributed by atoms with E-state index >= 15 is 0 Å². The first-order valence-electron chi connectivity index (χ1n) is 8.51. The second-order valence-corrected chi connectivity index (χ2v) is 5.12. The average Bonchev–Trinajstić information content (AvgIpc) is 2.72. The average molecular weight is 429 g/mol. The van der Waals surface area contributed by atoms with Crippen molar-refractivity contribution in [1.29, 1.82) is 0 Å². The van der Waals surface area contributed by atoms with Crippen LogP contribution < -0.4 is 10.1 Å². The number of hydrogen-bond acceptors (Lipinski definition) is 8. The van der Waals surface area contributed by atoms with Crippen molar-refractivity contribution in [2.24, 2.45) is 4.99 Å². The molecule has 0 spiro atoms. The van der Waals surface area contributed by atoms with Gasteiger partial charge in [0.2, 0.25) is 0 Å². The monoisotopic (exact) mass is 429 g/mol. The molecule has 0 saturated heterocycles. The van der Waals surface area contributed by atoms with Gasteiger partial charge in [-0.15, -0.1) is 0 Å². The summed E-state index contributed by atoms with van der Waals surface area (Å²) in [5, 5.41) is 38.8. The molecule has 2 aromatic rings. The molecule has 9 heteroatoms. The molecule has 0 bridgehead atoms. The summed E-state index contributed by atoms with van der Waals surface area (Å²) in [6, 6.07) is 11.5. The molecule has 0 amide bonds. The number of aliphatic hydroxyl groups excluding tert-OH is 1. The summed E-state index contributed by atoms with van der Waals surface area (Å²) in [6.07, 6.45) is 1.62. The molecule has 0 fully saturated rings. The van der Waals surface area contributed by atoms with Gasteiger partial charge in [-0.25, -0.2) is 0 Å². The molecule has 0 saturated carbocycles. The van der Waals surface area contributed by atoms with Crippen molar-refractivity contribution in [3.05, 3.63) is 48.0 Å². The van der Waals surface area contributed by atoms with Crippen molar-refractivity contribution >= 4 is 6.21 Å². The van der Waals surface area contributed by atoms with Crippen molar-refractivity contribution in [1.82, 2.24) is 5.32 Å². The second-order valence-electron chi connectivity index (χ2n) is 5.12. The molecule has 2 rings (SSSR count). The zero-order valence-electron chi connectivity index (χ0n) is 15.7. The maximum atomic E-state index is 9.90. The fourth-order valence-electron chi connectivity index (χ4n) is 1.89. The summed E-state index contributed by atoms with van der Waals surface area (Å²) < 4.78 is 13.5. The Balaban J connectivity index is 0.000000604. The predicted octanol–water partition coefficient (Wildman–Crippen LogP) is 1.77. The van der Waals surface area contributed by atoms with Crippen LogP contribution in [0.2, 0.25) is 0 Å². The Labute approximate surface area is 173 Å². The van der Waals surface area contributed by atoms with E-state index in [1.54, 1.807) is 30.5 Å². The Morgan fingerprint density at radius 1 is 1.04 bits per heavy atom. The van der Waals surface area contributed by atoms with Crippen molar-refractivity contribution < 1.29 is 46.2 Å². The van der Waals surface area contributed by atoms with Crippen LogP contribution in [0.4, 0.5) is 0 Å². The summed E-state index contributed by atoms with van der Waals surface area (Å²) in [7, 11) is 0. The van der Waals surface area contributed by atoms with E-state index < -0.39 is 0 Å². The normalized spacial score (nSPS) is 9.75. The zero-order valence-corrected chi connectivity index (χ0v) is 17.1. The van der Waals surface area contributed by atoms with E-state index in [4.69, 9.17) is 23.7 Å². The van der Waals surface area contributed by atoms with Crippen molar-refractivity contribution in [2.75, 3.05) is 32.8 Å². The summed E-state index contributed by atoms with van der Waals surface area (Å²) in [4.78, 5) is 4.19. The van der Waals surface area contributed by atoms with Crippen LogP contribution in [0.15, 0.2) is 47.5 Å². The van der Waals surface area contributed by atoms with Crippen molar-refractivity contribution in [3.63, 3.8) is 0 Å². The van der Waals surface area contributed by atoms with E-state index in [0.29, 0.717) is 37.6 Å². The Morgan fingerprint density at radius 3 is 2.21 bits per heavy atom. The van der Waals surface area contributed by atoms with Gasteiger partial charge >= 0.3 is 21.0 Å². The fraction of sp³-hybridized carbons (Fsp3) is 0.316. The topological polar surface area (TPSA) is 132 Å². The predicted molar refractivity (Wildman–Crippen MR) is 102 cm³/mol. The van der Waals surface area contributed by atoms with Crippen LogP contribution >= 0.6 is 0 Å². The molecule has 28 heavy (non-hydrogen) atoms. The number of aromatic hydroxyl groups is 3. The van der Waals surface area contributed by atoms with Crippen LogP contribution in [-0.2, 0) is 21.0 Å². The number of rotatable bonds is 8. The van der Waals surface area contributed by atoms with Gasteiger partial charge < -0.3 is 30.5 Å². The third kappa shape index (κ3) is 10.7.